The van der Waals surface area contributed by atoms with Crippen LogP contribution in [0, 0.1) is 12.7 Å². The summed E-state index contributed by atoms with van der Waals surface area (Å²) in [5.41, 5.74) is 1.87. The van der Waals surface area contributed by atoms with Crippen LogP contribution in [-0.2, 0) is 6.54 Å². The number of carbonyl (C=O) groups is 1. The molecule has 1 unspecified atom stereocenters. The van der Waals surface area contributed by atoms with Crippen LogP contribution in [0.15, 0.2) is 42.5 Å². The summed E-state index contributed by atoms with van der Waals surface area (Å²) < 4.78 is 45.4. The number of nitrogens with one attached hydrogen (secondary N) is 1. The number of halogens is 3. The predicted octanol–water partition coefficient (Wildman–Crippen LogP) is 4.29. The summed E-state index contributed by atoms with van der Waals surface area (Å²) in [5, 5.41) is 2.27. The zero-order chi connectivity index (χ0) is 19.3. The predicted molar refractivity (Wildman–Crippen MR) is 92.9 cm³/mol. The summed E-state index contributed by atoms with van der Waals surface area (Å²) in [5.74, 6) is -0.817. The van der Waals surface area contributed by atoms with Crippen LogP contribution in [0.4, 0.5) is 18.0 Å². The van der Waals surface area contributed by atoms with Crippen molar-refractivity contribution in [1.82, 2.24) is 10.2 Å². The van der Waals surface area contributed by atoms with Crippen LogP contribution in [-0.4, -0.2) is 31.5 Å². The number of benzene rings is 2. The lowest BCUT2D eigenvalue weighted by Crippen LogP contribution is -2.41. The van der Waals surface area contributed by atoms with E-state index < -0.39 is 24.3 Å². The van der Waals surface area contributed by atoms with Crippen molar-refractivity contribution in [2.45, 2.75) is 25.9 Å². The summed E-state index contributed by atoms with van der Waals surface area (Å²) in [6.07, 6.45) is -2.89. The van der Waals surface area contributed by atoms with Crippen LogP contribution in [0.1, 0.15) is 22.7 Å². The number of hydrogen-bond donors (Lipinski definition) is 1. The van der Waals surface area contributed by atoms with E-state index in [0.29, 0.717) is 0 Å². The first-order valence-electron chi connectivity index (χ1n) is 8.01. The maximum absolute atomic E-state index is 13.8. The highest BCUT2D eigenvalue weighted by molar-refractivity contribution is 5.74. The fraction of sp³-hybridized carbons (Fsp3) is 0.316. The Morgan fingerprint density at radius 3 is 2.50 bits per heavy atom. The molecule has 1 N–H and O–H groups in total. The second-order valence-electron chi connectivity index (χ2n) is 5.94. The van der Waals surface area contributed by atoms with Crippen LogP contribution < -0.4 is 10.1 Å². The Hall–Kier alpha value is -2.70. The Kier molecular flexibility index (Phi) is 6.49. The summed E-state index contributed by atoms with van der Waals surface area (Å²) in [7, 11) is 2.80. The molecule has 0 fully saturated rings. The largest absolute Gasteiger partial charge is 0.494 e. The third-order valence-electron chi connectivity index (χ3n) is 4.08. The van der Waals surface area contributed by atoms with E-state index in [9.17, 15) is 18.0 Å². The van der Waals surface area contributed by atoms with E-state index in [-0.39, 0.29) is 17.9 Å². The zero-order valence-corrected chi connectivity index (χ0v) is 14.8. The van der Waals surface area contributed by atoms with Gasteiger partial charge in [0, 0.05) is 13.6 Å². The standard InChI is InChI=1S/C19H21F3N2O2/c1-12-6-4-5-7-14(12)11-24(2)19(25)23-17(18(21)22)13-8-9-16(26-3)15(20)10-13/h4-10,17-18H,11H2,1-3H3,(H,23,25). The Morgan fingerprint density at radius 2 is 1.92 bits per heavy atom. The average molecular weight is 366 g/mol. The number of carbonyl (C=O) groups excluding carboxylic acids is 1. The normalized spacial score (nSPS) is 12.0. The minimum atomic E-state index is -2.89. The van der Waals surface area contributed by atoms with Gasteiger partial charge in [-0.25, -0.2) is 18.0 Å². The minimum absolute atomic E-state index is 0.0315. The molecule has 0 aliphatic heterocycles. The molecule has 0 aliphatic rings. The maximum Gasteiger partial charge on any atom is 0.318 e. The van der Waals surface area contributed by atoms with E-state index in [0.717, 1.165) is 17.2 Å². The molecule has 0 spiro atoms. The molecule has 2 rings (SSSR count). The average Bonchev–Trinajstić information content (AvgIpc) is 2.61. The van der Waals surface area contributed by atoms with Gasteiger partial charge in [-0.05, 0) is 35.7 Å². The number of nitrogens with zero attached hydrogens (tertiary/aromatic N) is 1. The lowest BCUT2D eigenvalue weighted by molar-refractivity contribution is 0.0971. The second kappa shape index (κ2) is 8.60. The number of hydrogen-bond acceptors (Lipinski definition) is 2. The molecule has 0 aromatic heterocycles. The molecule has 0 bridgehead atoms. The van der Waals surface area contributed by atoms with Crippen LogP contribution in [0.5, 0.6) is 5.75 Å². The number of methoxy groups -OCH3 is 1. The summed E-state index contributed by atoms with van der Waals surface area (Å²) in [4.78, 5) is 13.6. The van der Waals surface area contributed by atoms with Gasteiger partial charge in [0.1, 0.15) is 6.04 Å². The highest BCUT2D eigenvalue weighted by Crippen LogP contribution is 2.26. The van der Waals surface area contributed by atoms with Crippen molar-refractivity contribution >= 4 is 6.03 Å². The lowest BCUT2D eigenvalue weighted by atomic mass is 10.1. The van der Waals surface area contributed by atoms with Crippen molar-refractivity contribution in [2.75, 3.05) is 14.2 Å². The first kappa shape index (κ1) is 19.6. The monoisotopic (exact) mass is 366 g/mol. The molecule has 0 saturated carbocycles. The number of ether oxygens (including phenoxy) is 1. The number of amides is 2. The van der Waals surface area contributed by atoms with Gasteiger partial charge in [0.05, 0.1) is 7.11 Å². The molecular formula is C19H21F3N2O2. The van der Waals surface area contributed by atoms with Crippen molar-refractivity contribution in [3.05, 3.63) is 65.0 Å². The van der Waals surface area contributed by atoms with Gasteiger partial charge in [0.15, 0.2) is 11.6 Å². The molecule has 2 aromatic carbocycles. The topological polar surface area (TPSA) is 41.6 Å². The summed E-state index contributed by atoms with van der Waals surface area (Å²) in [6.45, 7) is 2.18. The van der Waals surface area contributed by atoms with Gasteiger partial charge in [-0.15, -0.1) is 0 Å². The fourth-order valence-corrected chi connectivity index (χ4v) is 2.53. The Bertz CT molecular complexity index is 768. The third kappa shape index (κ3) is 4.68. The van der Waals surface area contributed by atoms with Gasteiger partial charge in [-0.1, -0.05) is 30.3 Å². The maximum atomic E-state index is 13.8. The van der Waals surface area contributed by atoms with Crippen molar-refractivity contribution < 1.29 is 22.7 Å². The number of alkyl halides is 2. The summed E-state index contributed by atoms with van der Waals surface area (Å²) in [6, 6.07) is 8.70. The SMILES string of the molecule is COc1ccc(C(NC(=O)N(C)Cc2ccccc2C)C(F)F)cc1F. The Labute approximate surface area is 150 Å². The first-order valence-corrected chi connectivity index (χ1v) is 8.01. The number of urea groups is 1. The molecule has 2 amide bonds. The molecular weight excluding hydrogens is 345 g/mol. The van der Waals surface area contributed by atoms with E-state index in [2.05, 4.69) is 5.32 Å². The van der Waals surface area contributed by atoms with Crippen LogP contribution in [0.3, 0.4) is 0 Å². The van der Waals surface area contributed by atoms with Crippen LogP contribution >= 0.6 is 0 Å². The van der Waals surface area contributed by atoms with Gasteiger partial charge in [-0.3, -0.25) is 0 Å². The van der Waals surface area contributed by atoms with Gasteiger partial charge in [0.25, 0.3) is 6.43 Å². The van der Waals surface area contributed by atoms with Gasteiger partial charge >= 0.3 is 6.03 Å². The molecule has 26 heavy (non-hydrogen) atoms. The number of rotatable bonds is 6. The molecule has 0 saturated heterocycles. The molecule has 4 nitrogen and oxygen atoms in total. The molecule has 2 aromatic rings. The van der Waals surface area contributed by atoms with Crippen LogP contribution in [0.25, 0.3) is 0 Å². The van der Waals surface area contributed by atoms with E-state index in [1.165, 1.54) is 31.2 Å². The van der Waals surface area contributed by atoms with E-state index in [1.54, 1.807) is 0 Å². The van der Waals surface area contributed by atoms with Crippen molar-refractivity contribution in [3.63, 3.8) is 0 Å². The van der Waals surface area contributed by atoms with E-state index in [1.807, 2.05) is 31.2 Å². The van der Waals surface area contributed by atoms with E-state index >= 15 is 0 Å². The van der Waals surface area contributed by atoms with Crippen molar-refractivity contribution in [1.29, 1.82) is 0 Å². The molecule has 7 heteroatoms. The van der Waals surface area contributed by atoms with Gasteiger partial charge in [-0.2, -0.15) is 0 Å². The molecule has 0 heterocycles. The quantitative estimate of drug-likeness (QED) is 0.829. The van der Waals surface area contributed by atoms with Gasteiger partial charge < -0.3 is 15.0 Å². The van der Waals surface area contributed by atoms with Gasteiger partial charge in [0.2, 0.25) is 0 Å². The Morgan fingerprint density at radius 1 is 1.23 bits per heavy atom. The smallest absolute Gasteiger partial charge is 0.318 e. The first-order chi connectivity index (χ1) is 12.3. The highest BCUT2D eigenvalue weighted by atomic mass is 19.3. The third-order valence-corrected chi connectivity index (χ3v) is 4.08. The Balaban J connectivity index is 2.12. The molecule has 0 radical (unpaired) electrons. The minimum Gasteiger partial charge on any atom is -0.494 e. The summed E-state index contributed by atoms with van der Waals surface area (Å²) >= 11 is 0. The molecule has 1 atom stereocenters. The van der Waals surface area contributed by atoms with Crippen molar-refractivity contribution in [3.8, 4) is 5.75 Å². The van der Waals surface area contributed by atoms with E-state index in [4.69, 9.17) is 4.74 Å². The molecule has 0 aliphatic carbocycles. The number of aryl methyl sites for hydroxylation is 1. The van der Waals surface area contributed by atoms with Crippen LogP contribution in [0.2, 0.25) is 0 Å². The van der Waals surface area contributed by atoms with Crippen molar-refractivity contribution in [2.24, 2.45) is 0 Å². The zero-order valence-electron chi connectivity index (χ0n) is 14.8. The lowest BCUT2D eigenvalue weighted by Gasteiger charge is -2.24. The fourth-order valence-electron chi connectivity index (χ4n) is 2.53. The second-order valence-corrected chi connectivity index (χ2v) is 5.94. The molecule has 140 valence electrons. The highest BCUT2D eigenvalue weighted by Gasteiger charge is 2.26.